The fourth-order valence-corrected chi connectivity index (χ4v) is 4.85. The summed E-state index contributed by atoms with van der Waals surface area (Å²) in [5.74, 6) is 2.51. The Hall–Kier alpha value is -2.86. The maximum Gasteiger partial charge on any atom is 0.227 e. The molecule has 0 spiro atoms. The Morgan fingerprint density at radius 1 is 0.871 bits per heavy atom. The van der Waals surface area contributed by atoms with E-state index in [4.69, 9.17) is 14.7 Å². The van der Waals surface area contributed by atoms with Crippen molar-refractivity contribution in [3.8, 4) is 5.75 Å². The predicted octanol–water partition coefficient (Wildman–Crippen LogP) is 4.84. The second-order valence-electron chi connectivity index (χ2n) is 8.56. The lowest BCUT2D eigenvalue weighted by Gasteiger charge is -2.40. The minimum absolute atomic E-state index is 0.778. The van der Waals surface area contributed by atoms with Crippen LogP contribution in [0.3, 0.4) is 0 Å². The Morgan fingerprint density at radius 2 is 1.61 bits per heavy atom. The third-order valence-electron chi connectivity index (χ3n) is 6.63. The van der Waals surface area contributed by atoms with Crippen molar-refractivity contribution in [1.82, 2.24) is 14.9 Å². The molecule has 162 valence electrons. The fourth-order valence-electron chi connectivity index (χ4n) is 4.85. The van der Waals surface area contributed by atoms with Gasteiger partial charge in [-0.2, -0.15) is 4.98 Å². The predicted molar refractivity (Wildman–Crippen MR) is 126 cm³/mol. The molecular formula is C25H31N5O. The second-order valence-corrected chi connectivity index (χ2v) is 8.56. The molecule has 1 aliphatic carbocycles. The fraction of sp³-hybridized carbons (Fsp3) is 0.440. The van der Waals surface area contributed by atoms with Crippen LogP contribution in [0.4, 0.5) is 17.5 Å². The maximum atomic E-state index is 5.28. The zero-order valence-corrected chi connectivity index (χ0v) is 18.3. The molecule has 1 aliphatic heterocycles. The molecule has 0 atom stereocenters. The number of piperazine rings is 1. The number of fused-ring (bicyclic) bond motifs is 1. The van der Waals surface area contributed by atoms with Crippen LogP contribution in [0.2, 0.25) is 0 Å². The van der Waals surface area contributed by atoms with Crippen molar-refractivity contribution in [2.75, 3.05) is 43.5 Å². The van der Waals surface area contributed by atoms with Gasteiger partial charge < -0.3 is 15.0 Å². The third-order valence-corrected chi connectivity index (χ3v) is 6.63. The molecule has 31 heavy (non-hydrogen) atoms. The zero-order valence-electron chi connectivity index (χ0n) is 18.3. The number of rotatable bonds is 5. The van der Waals surface area contributed by atoms with Crippen molar-refractivity contribution in [3.05, 3.63) is 48.5 Å². The zero-order chi connectivity index (χ0) is 21.0. The van der Waals surface area contributed by atoms with E-state index < -0.39 is 0 Å². The molecular weight excluding hydrogens is 386 g/mol. The van der Waals surface area contributed by atoms with Gasteiger partial charge in [-0.05, 0) is 49.2 Å². The Labute approximate surface area is 184 Å². The van der Waals surface area contributed by atoms with Gasteiger partial charge in [0.2, 0.25) is 5.95 Å². The van der Waals surface area contributed by atoms with E-state index in [0.29, 0.717) is 0 Å². The molecule has 0 bridgehead atoms. The molecule has 0 amide bonds. The number of ether oxygens (including phenoxy) is 1. The van der Waals surface area contributed by atoms with Crippen LogP contribution in [0.25, 0.3) is 10.9 Å². The lowest BCUT2D eigenvalue weighted by atomic mass is 9.94. The molecule has 2 fully saturated rings. The molecule has 1 aromatic heterocycles. The Morgan fingerprint density at radius 3 is 2.35 bits per heavy atom. The third kappa shape index (κ3) is 4.44. The van der Waals surface area contributed by atoms with Crippen molar-refractivity contribution in [2.24, 2.45) is 0 Å². The van der Waals surface area contributed by atoms with E-state index in [0.717, 1.165) is 66.3 Å². The van der Waals surface area contributed by atoms with Crippen LogP contribution in [-0.4, -0.2) is 54.2 Å². The standard InChI is InChI=1S/C25H31N5O/c1-31-21-13-11-19(12-14-21)26-24-22-9-5-6-10-23(22)27-25(28-24)30-17-15-29(16-18-30)20-7-3-2-4-8-20/h5-6,9-14,20H,2-4,7-8,15-18H2,1H3,(H,26,27,28). The van der Waals surface area contributed by atoms with Gasteiger partial charge in [0, 0.05) is 43.3 Å². The summed E-state index contributed by atoms with van der Waals surface area (Å²) in [5.41, 5.74) is 1.95. The van der Waals surface area contributed by atoms with Crippen molar-refractivity contribution in [3.63, 3.8) is 0 Å². The Balaban J connectivity index is 1.36. The average molecular weight is 418 g/mol. The molecule has 3 aromatic rings. The van der Waals surface area contributed by atoms with Gasteiger partial charge in [-0.3, -0.25) is 4.90 Å². The first-order valence-electron chi connectivity index (χ1n) is 11.5. The van der Waals surface area contributed by atoms with Crippen molar-refractivity contribution >= 4 is 28.4 Å². The van der Waals surface area contributed by atoms with Crippen LogP contribution >= 0.6 is 0 Å². The lowest BCUT2D eigenvalue weighted by molar-refractivity contribution is 0.147. The molecule has 2 aliphatic rings. The van der Waals surface area contributed by atoms with E-state index in [1.165, 1.54) is 32.1 Å². The molecule has 1 saturated heterocycles. The Bertz CT molecular complexity index is 1010. The molecule has 0 radical (unpaired) electrons. The molecule has 0 unspecified atom stereocenters. The second kappa shape index (κ2) is 9.10. The van der Waals surface area contributed by atoms with Gasteiger partial charge in [-0.1, -0.05) is 31.4 Å². The van der Waals surface area contributed by atoms with Crippen LogP contribution in [0.5, 0.6) is 5.75 Å². The molecule has 1 saturated carbocycles. The van der Waals surface area contributed by atoms with Gasteiger partial charge in [0.25, 0.3) is 0 Å². The van der Waals surface area contributed by atoms with E-state index in [1.807, 2.05) is 36.4 Å². The monoisotopic (exact) mass is 417 g/mol. The highest BCUT2D eigenvalue weighted by atomic mass is 16.5. The highest BCUT2D eigenvalue weighted by molar-refractivity contribution is 5.91. The number of benzene rings is 2. The van der Waals surface area contributed by atoms with Crippen LogP contribution in [0.1, 0.15) is 32.1 Å². The first-order valence-corrected chi connectivity index (χ1v) is 11.5. The van der Waals surface area contributed by atoms with E-state index in [-0.39, 0.29) is 0 Å². The lowest BCUT2D eigenvalue weighted by Crippen LogP contribution is -2.51. The summed E-state index contributed by atoms with van der Waals surface area (Å²) >= 11 is 0. The van der Waals surface area contributed by atoms with Gasteiger partial charge in [0.05, 0.1) is 12.6 Å². The molecule has 2 aromatic carbocycles. The first kappa shape index (κ1) is 20.1. The smallest absolute Gasteiger partial charge is 0.227 e. The van der Waals surface area contributed by atoms with E-state index in [2.05, 4.69) is 27.2 Å². The largest absolute Gasteiger partial charge is 0.497 e. The number of nitrogens with one attached hydrogen (secondary N) is 1. The number of hydrogen-bond acceptors (Lipinski definition) is 6. The molecule has 6 heteroatoms. The number of aromatic nitrogens is 2. The van der Waals surface area contributed by atoms with Crippen LogP contribution in [-0.2, 0) is 0 Å². The SMILES string of the molecule is COc1ccc(Nc2nc(N3CCN(C4CCCCC4)CC3)nc3ccccc23)cc1. The summed E-state index contributed by atoms with van der Waals surface area (Å²) in [7, 11) is 1.68. The van der Waals surface area contributed by atoms with Gasteiger partial charge >= 0.3 is 0 Å². The minimum atomic E-state index is 0.778. The number of methoxy groups -OCH3 is 1. The van der Waals surface area contributed by atoms with E-state index >= 15 is 0 Å². The van der Waals surface area contributed by atoms with Crippen molar-refractivity contribution in [2.45, 2.75) is 38.1 Å². The van der Waals surface area contributed by atoms with Crippen molar-refractivity contribution < 1.29 is 4.74 Å². The molecule has 1 N–H and O–H groups in total. The van der Waals surface area contributed by atoms with E-state index in [1.54, 1.807) is 7.11 Å². The number of hydrogen-bond donors (Lipinski definition) is 1. The quantitative estimate of drug-likeness (QED) is 0.641. The topological polar surface area (TPSA) is 53.5 Å². The number of nitrogens with zero attached hydrogens (tertiary/aromatic N) is 4. The Kier molecular flexibility index (Phi) is 5.89. The molecule has 2 heterocycles. The molecule has 5 rings (SSSR count). The van der Waals surface area contributed by atoms with Crippen LogP contribution in [0, 0.1) is 0 Å². The summed E-state index contributed by atoms with van der Waals surface area (Å²) in [6.45, 7) is 4.16. The van der Waals surface area contributed by atoms with Crippen molar-refractivity contribution in [1.29, 1.82) is 0 Å². The summed E-state index contributed by atoms with van der Waals surface area (Å²) in [5, 5.41) is 4.52. The van der Waals surface area contributed by atoms with Gasteiger partial charge in [0.15, 0.2) is 0 Å². The summed E-state index contributed by atoms with van der Waals surface area (Å²) in [6, 6.07) is 16.9. The van der Waals surface area contributed by atoms with Gasteiger partial charge in [-0.25, -0.2) is 4.98 Å². The highest BCUT2D eigenvalue weighted by Gasteiger charge is 2.26. The normalized spacial score (nSPS) is 18.3. The minimum Gasteiger partial charge on any atom is -0.497 e. The maximum absolute atomic E-state index is 5.28. The van der Waals surface area contributed by atoms with Crippen LogP contribution in [0.15, 0.2) is 48.5 Å². The summed E-state index contributed by atoms with van der Waals surface area (Å²) < 4.78 is 5.28. The van der Waals surface area contributed by atoms with Gasteiger partial charge in [-0.15, -0.1) is 0 Å². The highest BCUT2D eigenvalue weighted by Crippen LogP contribution is 2.29. The van der Waals surface area contributed by atoms with Crippen LogP contribution < -0.4 is 15.0 Å². The molecule has 6 nitrogen and oxygen atoms in total. The van der Waals surface area contributed by atoms with E-state index in [9.17, 15) is 0 Å². The number of anilines is 3. The average Bonchev–Trinajstić information content (AvgIpc) is 2.85. The number of para-hydroxylation sites is 1. The summed E-state index contributed by atoms with van der Waals surface area (Å²) in [6.07, 6.45) is 6.91. The summed E-state index contributed by atoms with van der Waals surface area (Å²) in [4.78, 5) is 14.9. The first-order chi connectivity index (χ1) is 15.3. The van der Waals surface area contributed by atoms with Gasteiger partial charge in [0.1, 0.15) is 11.6 Å².